The van der Waals surface area contributed by atoms with E-state index in [-0.39, 0.29) is 5.82 Å². The quantitative estimate of drug-likeness (QED) is 0.486. The molecule has 0 amide bonds. The highest BCUT2D eigenvalue weighted by Crippen LogP contribution is 2.31. The second-order valence-corrected chi connectivity index (χ2v) is 8.24. The maximum absolute atomic E-state index is 13.5. The fraction of sp³-hybridized carbons (Fsp3) is 0.222. The van der Waals surface area contributed by atoms with Gasteiger partial charge in [-0.3, -0.25) is 10.3 Å². The number of aryl methyl sites for hydroxylation is 1. The number of likely N-dealkylation sites (N-methyl/N-ethyl adjacent to an activating group) is 1. The van der Waals surface area contributed by atoms with Gasteiger partial charge in [0.2, 0.25) is 0 Å². The summed E-state index contributed by atoms with van der Waals surface area (Å²) in [6.07, 6.45) is 7.05. The van der Waals surface area contributed by atoms with Gasteiger partial charge in [-0.25, -0.2) is 4.39 Å². The average Bonchev–Trinajstić information content (AvgIpc) is 2.81. The number of hydrogen-bond donors (Lipinski definition) is 2. The molecule has 1 aliphatic heterocycles. The minimum atomic E-state index is -0.889. The van der Waals surface area contributed by atoms with Crippen LogP contribution in [0.25, 0.3) is 5.57 Å². The SMILES string of the molecule is Cc1cc(CNC(O)c2cccc(Oc3ccnc(C4=CN(C)CC=C4)c3)c2C)ccc1F. The number of aromatic nitrogens is 1. The zero-order valence-electron chi connectivity index (χ0n) is 19.0. The van der Waals surface area contributed by atoms with Crippen molar-refractivity contribution in [3.8, 4) is 11.5 Å². The predicted octanol–water partition coefficient (Wildman–Crippen LogP) is 5.25. The highest BCUT2D eigenvalue weighted by atomic mass is 19.1. The van der Waals surface area contributed by atoms with Crippen LogP contribution in [0.5, 0.6) is 11.5 Å². The summed E-state index contributed by atoms with van der Waals surface area (Å²) in [6.45, 7) is 4.94. The van der Waals surface area contributed by atoms with Gasteiger partial charge in [-0.1, -0.05) is 36.4 Å². The van der Waals surface area contributed by atoms with E-state index in [0.29, 0.717) is 23.6 Å². The van der Waals surface area contributed by atoms with Gasteiger partial charge in [0, 0.05) is 49.7 Å². The van der Waals surface area contributed by atoms with Crippen molar-refractivity contribution in [1.29, 1.82) is 0 Å². The van der Waals surface area contributed by atoms with Crippen LogP contribution in [0.15, 0.2) is 73.1 Å². The number of rotatable bonds is 7. The van der Waals surface area contributed by atoms with Crippen LogP contribution in [-0.2, 0) is 6.54 Å². The summed E-state index contributed by atoms with van der Waals surface area (Å²) in [5.74, 6) is 1.10. The molecule has 0 spiro atoms. The second-order valence-electron chi connectivity index (χ2n) is 8.24. The molecular formula is C27H28FN3O2. The molecule has 2 N–H and O–H groups in total. The first kappa shape index (κ1) is 22.7. The van der Waals surface area contributed by atoms with Crippen LogP contribution in [0.3, 0.4) is 0 Å². The molecule has 0 aliphatic carbocycles. The standard InChI is InChI=1S/C27H28FN3O2/c1-18-14-20(9-10-24(18)28)16-30-27(32)23-7-4-8-26(19(23)2)33-22-11-12-29-25(15-22)21-6-5-13-31(3)17-21/h4-12,14-15,17,27,30,32H,13,16H2,1-3H3. The molecule has 0 radical (unpaired) electrons. The second kappa shape index (κ2) is 9.98. The molecule has 0 fully saturated rings. The van der Waals surface area contributed by atoms with Gasteiger partial charge < -0.3 is 14.7 Å². The first-order chi connectivity index (χ1) is 15.9. The van der Waals surface area contributed by atoms with Gasteiger partial charge in [-0.15, -0.1) is 0 Å². The Hall–Kier alpha value is -3.48. The van der Waals surface area contributed by atoms with Crippen LogP contribution in [0.1, 0.15) is 34.2 Å². The third-order valence-corrected chi connectivity index (χ3v) is 5.65. The molecule has 3 aromatic rings. The fourth-order valence-corrected chi connectivity index (χ4v) is 3.77. The minimum Gasteiger partial charge on any atom is -0.457 e. The Morgan fingerprint density at radius 2 is 2.03 bits per heavy atom. The summed E-state index contributed by atoms with van der Waals surface area (Å²) >= 11 is 0. The number of nitrogens with zero attached hydrogens (tertiary/aromatic N) is 2. The van der Waals surface area contributed by atoms with Crippen molar-refractivity contribution < 1.29 is 14.2 Å². The molecule has 6 heteroatoms. The Kier molecular flexibility index (Phi) is 6.87. The summed E-state index contributed by atoms with van der Waals surface area (Å²) in [4.78, 5) is 6.57. The summed E-state index contributed by atoms with van der Waals surface area (Å²) < 4.78 is 19.7. The van der Waals surface area contributed by atoms with Crippen molar-refractivity contribution in [2.45, 2.75) is 26.6 Å². The molecule has 33 heavy (non-hydrogen) atoms. The number of hydrogen-bond acceptors (Lipinski definition) is 5. The Morgan fingerprint density at radius 1 is 1.18 bits per heavy atom. The highest BCUT2D eigenvalue weighted by Gasteiger charge is 2.15. The molecule has 1 atom stereocenters. The Balaban J connectivity index is 1.48. The third kappa shape index (κ3) is 5.48. The Morgan fingerprint density at radius 3 is 2.82 bits per heavy atom. The van der Waals surface area contributed by atoms with E-state index in [1.54, 1.807) is 25.3 Å². The van der Waals surface area contributed by atoms with Crippen LogP contribution >= 0.6 is 0 Å². The first-order valence-corrected chi connectivity index (χ1v) is 10.9. The summed E-state index contributed by atoms with van der Waals surface area (Å²) in [7, 11) is 2.02. The van der Waals surface area contributed by atoms with E-state index >= 15 is 0 Å². The number of halogens is 1. The van der Waals surface area contributed by atoms with Gasteiger partial charge in [0.15, 0.2) is 0 Å². The summed E-state index contributed by atoms with van der Waals surface area (Å²) in [5.41, 5.74) is 4.90. The van der Waals surface area contributed by atoms with E-state index in [9.17, 15) is 9.50 Å². The molecule has 0 saturated carbocycles. The van der Waals surface area contributed by atoms with Crippen LogP contribution < -0.4 is 10.1 Å². The number of nitrogens with one attached hydrogen (secondary N) is 1. The summed E-state index contributed by atoms with van der Waals surface area (Å²) in [6, 6.07) is 14.3. The van der Waals surface area contributed by atoms with E-state index in [1.165, 1.54) is 6.07 Å². The molecular weight excluding hydrogens is 417 g/mol. The van der Waals surface area contributed by atoms with Gasteiger partial charge in [0.1, 0.15) is 23.5 Å². The minimum absolute atomic E-state index is 0.234. The summed E-state index contributed by atoms with van der Waals surface area (Å²) in [5, 5.41) is 13.8. The lowest BCUT2D eigenvalue weighted by atomic mass is 10.1. The normalized spacial score (nSPS) is 14.2. The van der Waals surface area contributed by atoms with E-state index in [1.807, 2.05) is 44.3 Å². The fourth-order valence-electron chi connectivity index (χ4n) is 3.77. The molecule has 0 bridgehead atoms. The number of aliphatic hydroxyl groups excluding tert-OH is 1. The molecule has 2 heterocycles. The van der Waals surface area contributed by atoms with Gasteiger partial charge in [-0.2, -0.15) is 0 Å². The Bertz CT molecular complexity index is 1210. The Labute approximate surface area is 193 Å². The van der Waals surface area contributed by atoms with Crippen LogP contribution in [0.2, 0.25) is 0 Å². The van der Waals surface area contributed by atoms with Crippen molar-refractivity contribution in [3.05, 3.63) is 107 Å². The van der Waals surface area contributed by atoms with E-state index in [4.69, 9.17) is 4.74 Å². The first-order valence-electron chi connectivity index (χ1n) is 10.9. The lowest BCUT2D eigenvalue weighted by molar-refractivity contribution is 0.136. The largest absolute Gasteiger partial charge is 0.457 e. The van der Waals surface area contributed by atoms with Crippen molar-refractivity contribution >= 4 is 5.57 Å². The van der Waals surface area contributed by atoms with Crippen molar-refractivity contribution in [2.24, 2.45) is 0 Å². The molecule has 2 aromatic carbocycles. The number of ether oxygens (including phenoxy) is 1. The van der Waals surface area contributed by atoms with Crippen LogP contribution in [0.4, 0.5) is 4.39 Å². The molecule has 1 unspecified atom stereocenters. The number of aliphatic hydroxyl groups is 1. The maximum atomic E-state index is 13.5. The van der Waals surface area contributed by atoms with Gasteiger partial charge >= 0.3 is 0 Å². The van der Waals surface area contributed by atoms with Gasteiger partial charge in [-0.05, 0) is 48.7 Å². The maximum Gasteiger partial charge on any atom is 0.131 e. The molecule has 4 rings (SSSR count). The van der Waals surface area contributed by atoms with Gasteiger partial charge in [0.25, 0.3) is 0 Å². The van der Waals surface area contributed by atoms with Crippen molar-refractivity contribution in [3.63, 3.8) is 0 Å². The molecule has 0 saturated heterocycles. The van der Waals surface area contributed by atoms with E-state index in [2.05, 4.69) is 33.6 Å². The highest BCUT2D eigenvalue weighted by molar-refractivity contribution is 5.72. The van der Waals surface area contributed by atoms with Gasteiger partial charge in [0.05, 0.1) is 5.69 Å². The zero-order chi connectivity index (χ0) is 23.4. The average molecular weight is 446 g/mol. The lowest BCUT2D eigenvalue weighted by Crippen LogP contribution is -2.21. The topological polar surface area (TPSA) is 57.6 Å². The smallest absolute Gasteiger partial charge is 0.131 e. The number of allylic oxidation sites excluding steroid dienone is 2. The van der Waals surface area contributed by atoms with Crippen LogP contribution in [0, 0.1) is 19.7 Å². The zero-order valence-corrected chi connectivity index (χ0v) is 19.0. The molecule has 1 aromatic heterocycles. The molecule has 5 nitrogen and oxygen atoms in total. The number of pyridine rings is 1. The third-order valence-electron chi connectivity index (χ3n) is 5.65. The van der Waals surface area contributed by atoms with E-state index < -0.39 is 6.23 Å². The molecule has 170 valence electrons. The van der Waals surface area contributed by atoms with Crippen molar-refractivity contribution in [1.82, 2.24) is 15.2 Å². The van der Waals surface area contributed by atoms with Crippen LogP contribution in [-0.4, -0.2) is 28.6 Å². The lowest BCUT2D eigenvalue weighted by Gasteiger charge is -2.19. The monoisotopic (exact) mass is 445 g/mol. The molecule has 1 aliphatic rings. The predicted molar refractivity (Wildman–Crippen MR) is 128 cm³/mol. The number of benzene rings is 2. The van der Waals surface area contributed by atoms with E-state index in [0.717, 1.165) is 34.5 Å². The van der Waals surface area contributed by atoms with Crippen molar-refractivity contribution in [2.75, 3.05) is 13.6 Å².